The van der Waals surface area contributed by atoms with Crippen molar-refractivity contribution in [3.05, 3.63) is 211 Å². The van der Waals surface area contributed by atoms with E-state index in [-0.39, 0.29) is 0 Å². The summed E-state index contributed by atoms with van der Waals surface area (Å²) in [5, 5.41) is -2.69. The van der Waals surface area contributed by atoms with E-state index in [9.17, 15) is 19.2 Å². The molecule has 10 aromatic rings. The van der Waals surface area contributed by atoms with Crippen molar-refractivity contribution in [3.8, 4) is 44.5 Å². The van der Waals surface area contributed by atoms with Gasteiger partial charge in [0.15, 0.2) is 0 Å². The van der Waals surface area contributed by atoms with Crippen molar-refractivity contribution in [1.82, 2.24) is 0 Å². The Labute approximate surface area is 368 Å². The molecule has 0 N–H and O–H groups in total. The Hall–Kier alpha value is -6.74. The second-order valence-electron chi connectivity index (χ2n) is 11.0. The number of hydrogen-bond donors (Lipinski definition) is 0. The Morgan fingerprint density at radius 3 is 1.61 bits per heavy atom. The molecule has 54 heavy (non-hydrogen) atoms. The summed E-state index contributed by atoms with van der Waals surface area (Å²) in [7, 11) is 0. The van der Waals surface area contributed by atoms with Gasteiger partial charge < -0.3 is 4.90 Å². The Bertz CT molecular complexity index is 4860. The fourth-order valence-corrected chi connectivity index (χ4v) is 6.77. The maximum atomic E-state index is 9.88. The second kappa shape index (κ2) is 13.7. The minimum absolute atomic E-state index is 0.351. The average Bonchev–Trinajstić information content (AvgIpc) is 1.70. The lowest BCUT2D eigenvalue weighted by Gasteiger charge is -2.27. The van der Waals surface area contributed by atoms with Crippen LogP contribution < -0.4 is 4.90 Å². The van der Waals surface area contributed by atoms with E-state index in [1.54, 1.807) is 0 Å². The molecule has 0 saturated heterocycles. The van der Waals surface area contributed by atoms with E-state index in [0.717, 1.165) is 0 Å². The molecular weight excluding hydrogens is 671 g/mol. The van der Waals surface area contributed by atoms with Gasteiger partial charge in [-0.15, -0.1) is 11.3 Å². The van der Waals surface area contributed by atoms with E-state index in [4.69, 9.17) is 28.8 Å². The Morgan fingerprint density at radius 1 is 0.333 bits per heavy atom. The van der Waals surface area contributed by atoms with Crippen LogP contribution in [0.2, 0.25) is 0 Å². The maximum absolute atomic E-state index is 9.88. The number of nitrogens with zero attached hydrogens (tertiary/aromatic N) is 1. The first-order valence-corrected chi connectivity index (χ1v) is 16.4. The number of benzene rings is 9. The molecule has 0 saturated carbocycles. The van der Waals surface area contributed by atoms with Crippen molar-refractivity contribution in [2.24, 2.45) is 0 Å². The third kappa shape index (κ3) is 5.74. The van der Waals surface area contributed by atoms with Crippen LogP contribution in [0.25, 0.3) is 75.5 Å². The van der Waals surface area contributed by atoms with Crippen molar-refractivity contribution in [1.29, 1.82) is 0 Å². The highest BCUT2D eigenvalue weighted by molar-refractivity contribution is 7.27. The normalized spacial score (nSPS) is 20.4. The summed E-state index contributed by atoms with van der Waals surface area (Å²) in [6.07, 6.45) is 0. The molecule has 0 aliphatic rings. The van der Waals surface area contributed by atoms with Gasteiger partial charge in [-0.05, 0) is 91.5 Å². The molecule has 0 spiro atoms. The fraction of sp³-hybridized carbons (Fsp3) is 0. The van der Waals surface area contributed by atoms with E-state index < -0.39 is 304 Å². The molecule has 2 heteroatoms. The van der Waals surface area contributed by atoms with Crippen LogP contribution in [0.15, 0.2) is 211 Å². The van der Waals surface area contributed by atoms with Gasteiger partial charge in [0.05, 0.1) is 58.4 Å². The van der Waals surface area contributed by atoms with Crippen LogP contribution in [0.3, 0.4) is 0 Å². The van der Waals surface area contributed by atoms with E-state index in [0.29, 0.717) is 16.2 Å². The molecule has 1 nitrogen and oxygen atoms in total. The summed E-state index contributed by atoms with van der Waals surface area (Å²) < 4.78 is 314. The van der Waals surface area contributed by atoms with Gasteiger partial charge in [0.25, 0.3) is 0 Å². The molecule has 0 aliphatic carbocycles. The molecule has 0 atom stereocenters. The zero-order chi connectivity index (χ0) is 66.3. The van der Waals surface area contributed by atoms with Crippen molar-refractivity contribution in [2.75, 3.05) is 4.90 Å². The summed E-state index contributed by atoms with van der Waals surface area (Å²) in [5.41, 5.74) is -10.1. The van der Waals surface area contributed by atoms with Gasteiger partial charge in [-0.2, -0.15) is 0 Å². The molecule has 1 heterocycles. The molecule has 0 aliphatic heterocycles. The zero-order valence-electron chi connectivity index (χ0n) is 61.9. The lowest BCUT2D eigenvalue weighted by atomic mass is 9.95. The molecule has 0 bridgehead atoms. The third-order valence-electron chi connectivity index (χ3n) is 7.93. The Kier molecular flexibility index (Phi) is 3.07. The van der Waals surface area contributed by atoms with Crippen molar-refractivity contribution >= 4 is 59.3 Å². The lowest BCUT2D eigenvalue weighted by Crippen LogP contribution is -2.10. The highest BCUT2D eigenvalue weighted by Gasteiger charge is 2.20. The molecule has 9 aromatic carbocycles. The van der Waals surface area contributed by atoms with Gasteiger partial charge in [-0.3, -0.25) is 0 Å². The smallest absolute Gasteiger partial charge is 0.0651 e. The first-order valence-electron chi connectivity index (χ1n) is 33.1. The van der Waals surface area contributed by atoms with Crippen LogP contribution in [0.5, 0.6) is 0 Å². The van der Waals surface area contributed by atoms with Gasteiger partial charge in [-0.25, -0.2) is 0 Å². The van der Waals surface area contributed by atoms with Crippen LogP contribution in [-0.2, 0) is 0 Å². The first-order chi connectivity index (χ1) is 41.4. The molecule has 0 fully saturated rings. The minimum Gasteiger partial charge on any atom is -0.309 e. The number of rotatable bonds is 7. The van der Waals surface area contributed by atoms with Crippen LogP contribution in [0.1, 0.15) is 48.0 Å². The van der Waals surface area contributed by atoms with Gasteiger partial charge in [-0.1, -0.05) is 175 Å². The number of thiophene rings is 1. The standard InChI is InChI=1S/C52H35NS/c1-4-14-36(15-5-1)40-20-10-22-44(35-40)53(50-27-13-26-49-48-25-12-24-47(51(48)54-52(49)50)39-18-8-3-9-19-39)43-31-28-37(29-32-43)41-30-33-46-42(34-41)21-11-23-45(46)38-16-6-2-7-17-38/h1-35H/i1D,2D,3D,4D,5D,6D,7D,8D,9D,10D,11D,12D,13D,14D,15D,16D,17D,18D,19D,20D,21D,22D,23D,24D,25D,26D,27D,28D,29D,30D,31D,32D,33D,34D,35D. The van der Waals surface area contributed by atoms with Gasteiger partial charge in [0.2, 0.25) is 0 Å². The SMILES string of the molecule is [2H]c1c([2H])c([2H])c(-c2c([2H])c([2H])c([2H])c(N(c3c([2H])c([2H])c(-c4c([2H])c([2H])c5c(-c6c([2H])c([2H])c([2H])c([2H])c6[2H])c([2H])c([2H])c([2H])c5c4[2H])c([2H])c3[2H])c3c([2H])c([2H])c([2H])c4c3sc3c(-c5c([2H])c([2H])c([2H])c([2H])c5[2H])c([2H])c([2H])c([2H])c34)c2[2H])c([2H])c1[2H]. The predicted octanol–water partition coefficient (Wildman–Crippen LogP) is 15.3. The largest absolute Gasteiger partial charge is 0.309 e. The van der Waals surface area contributed by atoms with Crippen LogP contribution >= 0.6 is 11.3 Å². The number of fused-ring (bicyclic) bond motifs is 4. The van der Waals surface area contributed by atoms with Gasteiger partial charge in [0, 0.05) is 26.8 Å². The highest BCUT2D eigenvalue weighted by atomic mass is 32.1. The Balaban J connectivity index is 1.42. The van der Waals surface area contributed by atoms with Gasteiger partial charge in [0.1, 0.15) is 0 Å². The predicted molar refractivity (Wildman–Crippen MR) is 233 cm³/mol. The molecule has 1 aromatic heterocycles. The molecule has 0 amide bonds. The van der Waals surface area contributed by atoms with Crippen molar-refractivity contribution < 1.29 is 48.0 Å². The summed E-state index contributed by atoms with van der Waals surface area (Å²) in [6.45, 7) is 0. The van der Waals surface area contributed by atoms with Crippen molar-refractivity contribution in [3.63, 3.8) is 0 Å². The van der Waals surface area contributed by atoms with Crippen LogP contribution in [0, 0.1) is 0 Å². The van der Waals surface area contributed by atoms with Gasteiger partial charge >= 0.3 is 0 Å². The molecule has 254 valence electrons. The fourth-order valence-electron chi connectivity index (χ4n) is 5.56. The maximum Gasteiger partial charge on any atom is 0.0651 e. The first kappa shape index (κ1) is 12.1. The summed E-state index contributed by atoms with van der Waals surface area (Å²) in [5.74, 6) is 0. The molecular formula is C52H35NS. The van der Waals surface area contributed by atoms with Crippen molar-refractivity contribution in [2.45, 2.75) is 0 Å². The second-order valence-corrected chi connectivity index (χ2v) is 12.0. The zero-order valence-corrected chi connectivity index (χ0v) is 27.7. The number of hydrogen-bond acceptors (Lipinski definition) is 2. The van der Waals surface area contributed by atoms with E-state index in [1.165, 1.54) is 0 Å². The number of anilines is 3. The van der Waals surface area contributed by atoms with E-state index in [1.807, 2.05) is 0 Å². The van der Waals surface area contributed by atoms with E-state index in [2.05, 4.69) is 0 Å². The average molecular weight is 741 g/mol. The van der Waals surface area contributed by atoms with Crippen LogP contribution in [0.4, 0.5) is 17.1 Å². The molecule has 0 radical (unpaired) electrons. The third-order valence-corrected chi connectivity index (χ3v) is 9.14. The lowest BCUT2D eigenvalue weighted by molar-refractivity contribution is 1.30. The monoisotopic (exact) mass is 740 g/mol. The van der Waals surface area contributed by atoms with Crippen LogP contribution in [-0.4, -0.2) is 0 Å². The summed E-state index contributed by atoms with van der Waals surface area (Å²) in [6, 6.07) is -36.7. The highest BCUT2D eigenvalue weighted by Crippen LogP contribution is 2.47. The molecule has 0 unspecified atom stereocenters. The minimum atomic E-state index is -1.34. The quantitative estimate of drug-likeness (QED) is 0.157. The Morgan fingerprint density at radius 2 is 0.870 bits per heavy atom. The molecule has 10 rings (SSSR count). The summed E-state index contributed by atoms with van der Waals surface area (Å²) in [4.78, 5) is 0.413. The summed E-state index contributed by atoms with van der Waals surface area (Å²) >= 11 is 0.351. The topological polar surface area (TPSA) is 3.24 Å². The van der Waals surface area contributed by atoms with E-state index >= 15 is 0 Å².